The molecule has 0 unspecified atom stereocenters. The van der Waals surface area contributed by atoms with E-state index < -0.39 is 5.60 Å². The van der Waals surface area contributed by atoms with Crippen molar-refractivity contribution in [2.24, 2.45) is 0 Å². The Labute approximate surface area is 213 Å². The number of rotatable bonds is 10. The molecule has 1 N–H and O–H groups in total. The highest BCUT2D eigenvalue weighted by atomic mass is 16.6. The van der Waals surface area contributed by atoms with Crippen LogP contribution in [-0.4, -0.2) is 83.9 Å². The average Bonchev–Trinajstić information content (AvgIpc) is 3.31. The summed E-state index contributed by atoms with van der Waals surface area (Å²) in [5, 5.41) is 6.96. The molecular formula is C26H39N5O5. The van der Waals surface area contributed by atoms with Gasteiger partial charge in [0.2, 0.25) is 0 Å². The van der Waals surface area contributed by atoms with Gasteiger partial charge >= 0.3 is 6.09 Å². The van der Waals surface area contributed by atoms with Crippen LogP contribution in [0.3, 0.4) is 0 Å². The van der Waals surface area contributed by atoms with Gasteiger partial charge < -0.3 is 29.1 Å². The van der Waals surface area contributed by atoms with E-state index in [1.165, 1.54) is 0 Å². The number of benzene rings is 1. The number of carbonyl (C=O) groups is 2. The Kier molecular flexibility index (Phi) is 9.83. The molecule has 2 amide bonds. The van der Waals surface area contributed by atoms with Gasteiger partial charge in [0.05, 0.1) is 6.10 Å². The normalized spacial score (nSPS) is 14.8. The highest BCUT2D eigenvalue weighted by Gasteiger charge is 2.27. The van der Waals surface area contributed by atoms with Gasteiger partial charge in [-0.05, 0) is 91.4 Å². The molecule has 1 aliphatic rings. The van der Waals surface area contributed by atoms with E-state index in [-0.39, 0.29) is 24.7 Å². The smallest absolute Gasteiger partial charge is 0.410 e. The third-order valence-electron chi connectivity index (χ3n) is 5.72. The molecule has 0 aliphatic carbocycles. The molecule has 0 spiro atoms. The van der Waals surface area contributed by atoms with Crippen molar-refractivity contribution < 1.29 is 23.6 Å². The van der Waals surface area contributed by atoms with Crippen molar-refractivity contribution in [3.63, 3.8) is 0 Å². The topological polar surface area (TPSA) is 110 Å². The van der Waals surface area contributed by atoms with Crippen molar-refractivity contribution in [3.8, 4) is 11.5 Å². The van der Waals surface area contributed by atoms with E-state index >= 15 is 0 Å². The predicted molar refractivity (Wildman–Crippen MR) is 135 cm³/mol. The van der Waals surface area contributed by atoms with Crippen LogP contribution < -0.4 is 5.32 Å². The van der Waals surface area contributed by atoms with Crippen molar-refractivity contribution in [1.29, 1.82) is 0 Å². The minimum atomic E-state index is -0.501. The number of hydrogen-bond acceptors (Lipinski definition) is 8. The lowest BCUT2D eigenvalue weighted by Gasteiger charge is -2.33. The highest BCUT2D eigenvalue weighted by Crippen LogP contribution is 2.20. The molecule has 198 valence electrons. The number of amides is 2. The van der Waals surface area contributed by atoms with E-state index in [1.54, 1.807) is 29.2 Å². The van der Waals surface area contributed by atoms with E-state index in [0.29, 0.717) is 36.9 Å². The number of aromatic nitrogens is 2. The summed E-state index contributed by atoms with van der Waals surface area (Å²) in [6.45, 7) is 8.66. The van der Waals surface area contributed by atoms with Crippen LogP contribution in [0.1, 0.15) is 62.6 Å². The number of nitrogens with zero attached hydrogens (tertiary/aromatic N) is 4. The molecule has 2 heterocycles. The Bertz CT molecular complexity index is 975. The lowest BCUT2D eigenvalue weighted by molar-refractivity contribution is -0.0190. The summed E-state index contributed by atoms with van der Waals surface area (Å²) >= 11 is 0. The summed E-state index contributed by atoms with van der Waals surface area (Å²) in [6.07, 6.45) is 3.17. The minimum Gasteiger partial charge on any atom is -0.444 e. The first kappa shape index (κ1) is 27.6. The number of nitrogens with one attached hydrogen (secondary N) is 1. The second-order valence-electron chi connectivity index (χ2n) is 10.3. The number of likely N-dealkylation sites (tertiary alicyclic amines) is 1. The van der Waals surface area contributed by atoms with E-state index in [0.717, 1.165) is 37.8 Å². The fourth-order valence-corrected chi connectivity index (χ4v) is 3.77. The first-order valence-electron chi connectivity index (χ1n) is 12.6. The largest absolute Gasteiger partial charge is 0.444 e. The zero-order chi connectivity index (χ0) is 26.1. The van der Waals surface area contributed by atoms with Gasteiger partial charge in [0, 0.05) is 30.8 Å². The van der Waals surface area contributed by atoms with Crippen LogP contribution in [0, 0.1) is 0 Å². The molecule has 10 nitrogen and oxygen atoms in total. The van der Waals surface area contributed by atoms with Crippen LogP contribution in [0.4, 0.5) is 4.79 Å². The van der Waals surface area contributed by atoms with E-state index in [2.05, 4.69) is 20.4 Å². The molecule has 0 bridgehead atoms. The molecule has 36 heavy (non-hydrogen) atoms. The summed E-state index contributed by atoms with van der Waals surface area (Å²) in [4.78, 5) is 32.8. The molecule has 10 heteroatoms. The van der Waals surface area contributed by atoms with Crippen LogP contribution in [-0.2, 0) is 16.1 Å². The van der Waals surface area contributed by atoms with Gasteiger partial charge in [0.25, 0.3) is 11.8 Å². The van der Waals surface area contributed by atoms with E-state index in [1.807, 2.05) is 34.9 Å². The number of carbonyl (C=O) groups excluding carboxylic acids is 2. The van der Waals surface area contributed by atoms with Crippen molar-refractivity contribution in [1.82, 2.24) is 25.3 Å². The van der Waals surface area contributed by atoms with Crippen LogP contribution in [0.25, 0.3) is 11.5 Å². The van der Waals surface area contributed by atoms with Gasteiger partial charge in [-0.25, -0.2) is 4.79 Å². The maximum absolute atomic E-state index is 12.3. The Balaban J connectivity index is 1.41. The fourth-order valence-electron chi connectivity index (χ4n) is 3.77. The van der Waals surface area contributed by atoms with Crippen LogP contribution in [0.15, 0.2) is 28.8 Å². The average molecular weight is 502 g/mol. The summed E-state index contributed by atoms with van der Waals surface area (Å²) < 4.78 is 16.8. The van der Waals surface area contributed by atoms with E-state index in [9.17, 15) is 9.59 Å². The van der Waals surface area contributed by atoms with Crippen molar-refractivity contribution in [3.05, 3.63) is 35.7 Å². The molecule has 3 rings (SSSR count). The molecule has 1 aromatic heterocycles. The molecule has 2 aromatic rings. The SMILES string of the molecule is CN(C)CCCCNC(=O)c1ccc(-c2nc(COC3CCN(C(=O)OC(C)(C)C)CC3)no2)cc1. The Morgan fingerprint density at radius 3 is 2.47 bits per heavy atom. The van der Waals surface area contributed by atoms with Crippen LogP contribution in [0.5, 0.6) is 0 Å². The van der Waals surface area contributed by atoms with Crippen molar-refractivity contribution in [2.45, 2.75) is 64.8 Å². The van der Waals surface area contributed by atoms with Gasteiger partial charge in [0.15, 0.2) is 5.82 Å². The molecule has 0 radical (unpaired) electrons. The minimum absolute atomic E-state index is 0.0197. The molecule has 1 aromatic carbocycles. The van der Waals surface area contributed by atoms with Gasteiger partial charge in [0.1, 0.15) is 12.2 Å². The first-order valence-corrected chi connectivity index (χ1v) is 12.6. The first-order chi connectivity index (χ1) is 17.1. The highest BCUT2D eigenvalue weighted by molar-refractivity contribution is 5.94. The zero-order valence-electron chi connectivity index (χ0n) is 22.1. The Hall–Kier alpha value is -2.98. The zero-order valence-corrected chi connectivity index (χ0v) is 22.1. The second kappa shape index (κ2) is 12.8. The summed E-state index contributed by atoms with van der Waals surface area (Å²) in [5.74, 6) is 0.742. The monoisotopic (exact) mass is 501 g/mol. The number of unbranched alkanes of at least 4 members (excludes halogenated alkanes) is 1. The van der Waals surface area contributed by atoms with Crippen LogP contribution in [0.2, 0.25) is 0 Å². The third kappa shape index (κ3) is 8.91. The molecule has 1 aliphatic heterocycles. The molecule has 1 fully saturated rings. The fraction of sp³-hybridized carbons (Fsp3) is 0.615. The number of piperidine rings is 1. The van der Waals surface area contributed by atoms with Gasteiger partial charge in [-0.3, -0.25) is 4.79 Å². The lowest BCUT2D eigenvalue weighted by atomic mass is 10.1. The van der Waals surface area contributed by atoms with Gasteiger partial charge in [-0.2, -0.15) is 4.98 Å². The van der Waals surface area contributed by atoms with Crippen LogP contribution >= 0.6 is 0 Å². The van der Waals surface area contributed by atoms with Gasteiger partial charge in [-0.1, -0.05) is 5.16 Å². The van der Waals surface area contributed by atoms with Crippen molar-refractivity contribution in [2.75, 3.05) is 40.3 Å². The number of ether oxygens (including phenoxy) is 2. The second-order valence-corrected chi connectivity index (χ2v) is 10.3. The molecule has 1 saturated heterocycles. The quantitative estimate of drug-likeness (QED) is 0.491. The predicted octanol–water partition coefficient (Wildman–Crippen LogP) is 3.72. The van der Waals surface area contributed by atoms with E-state index in [4.69, 9.17) is 14.0 Å². The Morgan fingerprint density at radius 2 is 1.83 bits per heavy atom. The molecule has 0 saturated carbocycles. The summed E-state index contributed by atoms with van der Waals surface area (Å²) in [5.41, 5.74) is 0.827. The maximum atomic E-state index is 12.3. The molecule has 0 atom stereocenters. The maximum Gasteiger partial charge on any atom is 0.410 e. The molecular weight excluding hydrogens is 462 g/mol. The Morgan fingerprint density at radius 1 is 1.14 bits per heavy atom. The number of hydrogen-bond donors (Lipinski definition) is 1. The summed E-state index contributed by atoms with van der Waals surface area (Å²) in [7, 11) is 4.08. The lowest BCUT2D eigenvalue weighted by Crippen LogP contribution is -2.43. The standard InChI is InChI=1S/C26H39N5O5/c1-26(2,3)35-25(33)31-16-12-21(13-17-31)34-18-22-28-24(36-29-22)20-10-8-19(9-11-20)23(32)27-14-6-7-15-30(4)5/h8-11,21H,6-7,12-18H2,1-5H3,(H,27,32). The third-order valence-corrected chi connectivity index (χ3v) is 5.72. The summed E-state index contributed by atoms with van der Waals surface area (Å²) in [6, 6.07) is 7.10. The van der Waals surface area contributed by atoms with Crippen molar-refractivity contribution >= 4 is 12.0 Å². The van der Waals surface area contributed by atoms with Gasteiger partial charge in [-0.15, -0.1) is 0 Å².